The lowest BCUT2D eigenvalue weighted by molar-refractivity contribution is 0.200. The number of aryl methyl sites for hydroxylation is 3. The minimum Gasteiger partial charge on any atom is -0.467 e. The summed E-state index contributed by atoms with van der Waals surface area (Å²) in [5.41, 5.74) is 5.85. The number of nitrogens with zero attached hydrogens (tertiary/aromatic N) is 6. The molecule has 4 heterocycles. The van der Waals surface area contributed by atoms with Crippen LogP contribution in [0.4, 0.5) is 5.69 Å². The van der Waals surface area contributed by atoms with E-state index in [9.17, 15) is 4.79 Å². The van der Waals surface area contributed by atoms with E-state index in [0.717, 1.165) is 51.6 Å². The number of nitrogens with one attached hydrogen (secondary N) is 1. The monoisotopic (exact) mass is 543 g/mol. The highest BCUT2D eigenvalue weighted by Gasteiger charge is 2.33. The first-order valence-electron chi connectivity index (χ1n) is 13.0. The second kappa shape index (κ2) is 10.3. The molecule has 0 aliphatic carbocycles. The van der Waals surface area contributed by atoms with Gasteiger partial charge < -0.3 is 14.3 Å². The fraction of sp³-hybridized carbons (Fsp3) is 0.310. The number of aromatic nitrogens is 5. The molecule has 0 radical (unpaired) electrons. The van der Waals surface area contributed by atoms with Crippen molar-refractivity contribution in [2.24, 2.45) is 0 Å². The number of pyridine rings is 1. The zero-order valence-corrected chi connectivity index (χ0v) is 22.9. The van der Waals surface area contributed by atoms with Crippen LogP contribution in [0.5, 0.6) is 0 Å². The first kappa shape index (κ1) is 25.3. The van der Waals surface area contributed by atoms with Crippen LogP contribution in [0.1, 0.15) is 39.9 Å². The predicted octanol–water partition coefficient (Wildman–Crippen LogP) is 4.65. The molecule has 10 heteroatoms. The Morgan fingerprint density at radius 1 is 1.03 bits per heavy atom. The van der Waals surface area contributed by atoms with Gasteiger partial charge in [-0.05, 0) is 84.3 Å². The molecule has 9 nitrogen and oxygen atoms in total. The van der Waals surface area contributed by atoms with Crippen LogP contribution in [-0.4, -0.2) is 56.3 Å². The molecule has 3 aromatic heterocycles. The van der Waals surface area contributed by atoms with Gasteiger partial charge in [0.05, 0.1) is 6.26 Å². The van der Waals surface area contributed by atoms with Crippen LogP contribution in [0.2, 0.25) is 5.02 Å². The predicted molar refractivity (Wildman–Crippen MR) is 151 cm³/mol. The van der Waals surface area contributed by atoms with Gasteiger partial charge in [-0.15, -0.1) is 5.10 Å². The van der Waals surface area contributed by atoms with Crippen molar-refractivity contribution in [3.63, 3.8) is 0 Å². The molecule has 0 saturated carbocycles. The molecule has 200 valence electrons. The summed E-state index contributed by atoms with van der Waals surface area (Å²) in [6, 6.07) is 15.4. The SMILES string of the molecule is Cc1cc(C)c2cc(C(c3nnnn3Cc3ccco3)N3CCN(c4cc(Cl)ccc4C)CC3)c(=O)[nH]c2c1. The van der Waals surface area contributed by atoms with Crippen molar-refractivity contribution < 1.29 is 4.42 Å². The Balaban J connectivity index is 1.40. The lowest BCUT2D eigenvalue weighted by atomic mass is 9.99. The number of anilines is 1. The standard InChI is InChI=1S/C29H30ClN7O2/c1-18-13-20(3)23-16-24(29(38)31-25(23)14-18)27(28-32-33-34-37(28)17-22-5-4-12-39-22)36-10-8-35(9-11-36)26-15-21(30)7-6-19(26)2/h4-7,12-16,27H,8-11,17H2,1-3H3,(H,31,38). The largest absolute Gasteiger partial charge is 0.467 e. The minimum absolute atomic E-state index is 0.141. The molecule has 2 aromatic carbocycles. The molecule has 6 rings (SSSR count). The van der Waals surface area contributed by atoms with Gasteiger partial charge in [-0.25, -0.2) is 4.68 Å². The van der Waals surface area contributed by atoms with E-state index in [0.29, 0.717) is 31.0 Å². The molecule has 1 N–H and O–H groups in total. The normalized spacial score (nSPS) is 15.2. The zero-order chi connectivity index (χ0) is 27.1. The van der Waals surface area contributed by atoms with Crippen molar-refractivity contribution >= 4 is 28.2 Å². The number of aromatic amines is 1. The Labute approximate surface area is 231 Å². The highest BCUT2D eigenvalue weighted by Crippen LogP contribution is 2.31. The van der Waals surface area contributed by atoms with E-state index in [1.54, 1.807) is 10.9 Å². The minimum atomic E-state index is -0.438. The van der Waals surface area contributed by atoms with Crippen LogP contribution in [0, 0.1) is 20.8 Å². The molecule has 1 aliphatic heterocycles. The quantitative estimate of drug-likeness (QED) is 0.333. The number of halogens is 1. The third-order valence-electron chi connectivity index (χ3n) is 7.52. The molecule has 39 heavy (non-hydrogen) atoms. The van der Waals surface area contributed by atoms with Crippen molar-refractivity contribution in [2.75, 3.05) is 31.1 Å². The van der Waals surface area contributed by atoms with Crippen LogP contribution in [0.15, 0.2) is 64.0 Å². The summed E-state index contributed by atoms with van der Waals surface area (Å²) in [4.78, 5) is 21.4. The summed E-state index contributed by atoms with van der Waals surface area (Å²) in [5.74, 6) is 1.34. The summed E-state index contributed by atoms with van der Waals surface area (Å²) in [6.07, 6.45) is 1.63. The number of hydrogen-bond donors (Lipinski definition) is 1. The van der Waals surface area contributed by atoms with Crippen LogP contribution < -0.4 is 10.5 Å². The average molecular weight is 544 g/mol. The molecule has 0 bridgehead atoms. The van der Waals surface area contributed by atoms with E-state index < -0.39 is 6.04 Å². The Kier molecular flexibility index (Phi) is 6.70. The molecule has 1 unspecified atom stereocenters. The Hall–Kier alpha value is -3.95. The van der Waals surface area contributed by atoms with Gasteiger partial charge in [-0.3, -0.25) is 9.69 Å². The Morgan fingerprint density at radius 3 is 2.62 bits per heavy atom. The highest BCUT2D eigenvalue weighted by atomic mass is 35.5. The van der Waals surface area contributed by atoms with Crippen LogP contribution in [-0.2, 0) is 6.54 Å². The number of tetrazole rings is 1. The number of rotatable bonds is 6. The number of piperazine rings is 1. The van der Waals surface area contributed by atoms with E-state index in [4.69, 9.17) is 16.0 Å². The lowest BCUT2D eigenvalue weighted by Gasteiger charge is -2.40. The van der Waals surface area contributed by atoms with E-state index in [2.05, 4.69) is 50.2 Å². The summed E-state index contributed by atoms with van der Waals surface area (Å²) in [7, 11) is 0. The number of benzene rings is 2. The highest BCUT2D eigenvalue weighted by molar-refractivity contribution is 6.30. The Bertz CT molecular complexity index is 1680. The third kappa shape index (κ3) is 4.95. The van der Waals surface area contributed by atoms with Crippen LogP contribution in [0.3, 0.4) is 0 Å². The molecular weight excluding hydrogens is 514 g/mol. The molecule has 1 atom stereocenters. The number of furan rings is 1. The summed E-state index contributed by atoms with van der Waals surface area (Å²) >= 11 is 6.32. The van der Waals surface area contributed by atoms with Gasteiger partial charge in [0.1, 0.15) is 18.3 Å². The summed E-state index contributed by atoms with van der Waals surface area (Å²) in [6.45, 7) is 9.57. The fourth-order valence-corrected chi connectivity index (χ4v) is 5.77. The number of H-pyrrole nitrogens is 1. The molecular formula is C29H30ClN7O2. The summed E-state index contributed by atoms with van der Waals surface area (Å²) in [5, 5.41) is 14.5. The van der Waals surface area contributed by atoms with Gasteiger partial charge in [0.2, 0.25) is 0 Å². The summed E-state index contributed by atoms with van der Waals surface area (Å²) < 4.78 is 7.29. The Morgan fingerprint density at radius 2 is 1.85 bits per heavy atom. The van der Waals surface area contributed by atoms with E-state index in [-0.39, 0.29) is 5.56 Å². The van der Waals surface area contributed by atoms with Crippen LogP contribution in [0.25, 0.3) is 10.9 Å². The number of hydrogen-bond acceptors (Lipinski definition) is 7. The van der Waals surface area contributed by atoms with Gasteiger partial charge in [0, 0.05) is 53.4 Å². The second-order valence-corrected chi connectivity index (χ2v) is 10.7. The molecule has 1 aliphatic rings. The van der Waals surface area contributed by atoms with Crippen molar-refractivity contribution in [1.82, 2.24) is 30.1 Å². The van der Waals surface area contributed by atoms with Gasteiger partial charge >= 0.3 is 0 Å². The van der Waals surface area contributed by atoms with Crippen LogP contribution >= 0.6 is 11.6 Å². The van der Waals surface area contributed by atoms with E-state index >= 15 is 0 Å². The van der Waals surface area contributed by atoms with E-state index in [1.165, 1.54) is 5.56 Å². The van der Waals surface area contributed by atoms with Crippen molar-refractivity contribution in [2.45, 2.75) is 33.4 Å². The third-order valence-corrected chi connectivity index (χ3v) is 7.75. The lowest BCUT2D eigenvalue weighted by Crippen LogP contribution is -2.49. The van der Waals surface area contributed by atoms with Gasteiger partial charge in [-0.2, -0.15) is 0 Å². The number of fused-ring (bicyclic) bond motifs is 1. The van der Waals surface area contributed by atoms with Crippen molar-refractivity contribution in [3.8, 4) is 0 Å². The van der Waals surface area contributed by atoms with Crippen molar-refractivity contribution in [1.29, 1.82) is 0 Å². The zero-order valence-electron chi connectivity index (χ0n) is 22.2. The maximum absolute atomic E-state index is 13.6. The van der Waals surface area contributed by atoms with E-state index in [1.807, 2.05) is 49.4 Å². The average Bonchev–Trinajstić information content (AvgIpc) is 3.59. The second-order valence-electron chi connectivity index (χ2n) is 10.2. The van der Waals surface area contributed by atoms with Gasteiger partial charge in [0.25, 0.3) is 5.56 Å². The topological polar surface area (TPSA) is 96.1 Å². The van der Waals surface area contributed by atoms with Gasteiger partial charge in [0.15, 0.2) is 5.82 Å². The molecule has 5 aromatic rings. The fourth-order valence-electron chi connectivity index (χ4n) is 5.61. The maximum Gasteiger partial charge on any atom is 0.253 e. The molecule has 0 amide bonds. The molecule has 1 saturated heterocycles. The molecule has 0 spiro atoms. The van der Waals surface area contributed by atoms with Gasteiger partial charge in [-0.1, -0.05) is 23.7 Å². The maximum atomic E-state index is 13.6. The first-order chi connectivity index (χ1) is 18.9. The molecule has 1 fully saturated rings. The first-order valence-corrected chi connectivity index (χ1v) is 13.4. The van der Waals surface area contributed by atoms with Crippen molar-refractivity contribution in [3.05, 3.63) is 104 Å². The smallest absolute Gasteiger partial charge is 0.253 e.